The third kappa shape index (κ3) is 4.68. The predicted octanol–water partition coefficient (Wildman–Crippen LogP) is 3.25. The van der Waals surface area contributed by atoms with E-state index >= 15 is 0 Å². The van der Waals surface area contributed by atoms with Crippen LogP contribution in [0.5, 0.6) is 5.75 Å². The highest BCUT2D eigenvalue weighted by Gasteiger charge is 2.34. The van der Waals surface area contributed by atoms with Crippen molar-refractivity contribution < 1.29 is 14.3 Å². The van der Waals surface area contributed by atoms with E-state index < -0.39 is 5.91 Å². The highest BCUT2D eigenvalue weighted by Crippen LogP contribution is 2.22. The van der Waals surface area contributed by atoms with Gasteiger partial charge < -0.3 is 4.74 Å². The number of ether oxygens (including phenoxy) is 1. The Morgan fingerprint density at radius 3 is 2.32 bits per heavy atom. The summed E-state index contributed by atoms with van der Waals surface area (Å²) in [6.45, 7) is 4.10. The maximum Gasteiger partial charge on any atom is 0.253 e. The van der Waals surface area contributed by atoms with Crippen molar-refractivity contribution in [3.05, 3.63) is 59.1 Å². The third-order valence-electron chi connectivity index (χ3n) is 4.02. The summed E-state index contributed by atoms with van der Waals surface area (Å²) in [7, 11) is 0. The third-order valence-corrected chi connectivity index (χ3v) is 4.27. The van der Waals surface area contributed by atoms with Gasteiger partial charge in [0.05, 0.1) is 18.3 Å². The summed E-state index contributed by atoms with van der Waals surface area (Å²) in [6, 6.07) is 14.1. The van der Waals surface area contributed by atoms with E-state index in [1.807, 2.05) is 26.0 Å². The van der Waals surface area contributed by atoms with Crippen LogP contribution in [0.1, 0.15) is 25.8 Å². The quantitative estimate of drug-likeness (QED) is 0.474. The fourth-order valence-corrected chi connectivity index (χ4v) is 2.82. The summed E-state index contributed by atoms with van der Waals surface area (Å²) in [4.78, 5) is 30.4. The Balaban J connectivity index is 1.90. The number of amides is 2. The lowest BCUT2D eigenvalue weighted by Crippen LogP contribution is -2.58. The number of aliphatic imine (C=N–C) groups is 1. The Morgan fingerprint density at radius 2 is 1.71 bits per heavy atom. The van der Waals surface area contributed by atoms with Crippen molar-refractivity contribution in [3.8, 4) is 5.75 Å². The molecule has 8 heteroatoms. The van der Waals surface area contributed by atoms with E-state index in [0.717, 1.165) is 10.6 Å². The normalized spacial score (nSPS) is 16.2. The molecule has 7 nitrogen and oxygen atoms in total. The number of benzene rings is 2. The second-order valence-corrected chi connectivity index (χ2v) is 7.06. The second-order valence-electron chi connectivity index (χ2n) is 6.62. The van der Waals surface area contributed by atoms with Crippen LogP contribution in [-0.4, -0.2) is 33.8 Å². The fraction of sp³-hybridized carbons (Fsp3) is 0.250. The largest absolute Gasteiger partial charge is 0.491 e. The van der Waals surface area contributed by atoms with E-state index in [0.29, 0.717) is 16.5 Å². The molecule has 28 heavy (non-hydrogen) atoms. The summed E-state index contributed by atoms with van der Waals surface area (Å²) in [6.07, 6.45) is -0.246. The Bertz CT molecular complexity index is 895. The van der Waals surface area contributed by atoms with Crippen LogP contribution < -0.4 is 10.6 Å². The SMILES string of the molecule is CC(C)Oc1ccc(/N=C2\N(N)C(=O)CC(=O)N2Cc2ccc(Cl)cc2)cc1. The van der Waals surface area contributed by atoms with Crippen molar-refractivity contribution in [1.82, 2.24) is 9.91 Å². The van der Waals surface area contributed by atoms with Gasteiger partial charge in [0.15, 0.2) is 0 Å². The molecule has 0 aromatic heterocycles. The maximum atomic E-state index is 12.5. The Labute approximate surface area is 168 Å². The first-order chi connectivity index (χ1) is 13.3. The molecule has 0 saturated carbocycles. The first-order valence-corrected chi connectivity index (χ1v) is 9.19. The number of halogens is 1. The Hall–Kier alpha value is -2.90. The topological polar surface area (TPSA) is 88.2 Å². The number of guanidine groups is 1. The lowest BCUT2D eigenvalue weighted by Gasteiger charge is -2.33. The first-order valence-electron chi connectivity index (χ1n) is 8.81. The fourth-order valence-electron chi connectivity index (χ4n) is 2.70. The van der Waals surface area contributed by atoms with Crippen LogP contribution in [0.3, 0.4) is 0 Å². The van der Waals surface area contributed by atoms with Crippen molar-refractivity contribution in [3.63, 3.8) is 0 Å². The van der Waals surface area contributed by atoms with Gasteiger partial charge in [0, 0.05) is 5.02 Å². The molecule has 1 aliphatic heterocycles. The van der Waals surface area contributed by atoms with E-state index in [1.54, 1.807) is 36.4 Å². The zero-order valence-electron chi connectivity index (χ0n) is 15.6. The number of hydrazine groups is 1. The van der Waals surface area contributed by atoms with Crippen molar-refractivity contribution in [1.29, 1.82) is 0 Å². The van der Waals surface area contributed by atoms with Gasteiger partial charge in [0.25, 0.3) is 5.91 Å². The molecule has 0 bridgehead atoms. The lowest BCUT2D eigenvalue weighted by molar-refractivity contribution is -0.141. The monoisotopic (exact) mass is 400 g/mol. The molecule has 1 fully saturated rings. The molecule has 2 N–H and O–H groups in total. The molecule has 1 aliphatic rings. The van der Waals surface area contributed by atoms with Crippen molar-refractivity contribution in [2.24, 2.45) is 10.8 Å². The molecule has 2 aromatic rings. The standard InChI is InChI=1S/C20H21ClN4O3/c1-13(2)28-17-9-7-16(8-10-17)23-20-24(18(26)11-19(27)25(20)22)12-14-3-5-15(21)6-4-14/h3-10,13H,11-12,22H2,1-2H3/b23-20-. The predicted molar refractivity (Wildman–Crippen MR) is 107 cm³/mol. The molecule has 1 saturated heterocycles. The van der Waals surface area contributed by atoms with E-state index in [9.17, 15) is 9.59 Å². The average Bonchev–Trinajstić information content (AvgIpc) is 2.65. The molecule has 0 atom stereocenters. The molecular weight excluding hydrogens is 380 g/mol. The number of carbonyl (C=O) groups excluding carboxylic acids is 2. The van der Waals surface area contributed by atoms with Gasteiger partial charge in [-0.05, 0) is 55.8 Å². The van der Waals surface area contributed by atoms with Gasteiger partial charge in [-0.25, -0.2) is 15.8 Å². The van der Waals surface area contributed by atoms with Crippen LogP contribution >= 0.6 is 11.6 Å². The molecule has 2 amide bonds. The zero-order valence-corrected chi connectivity index (χ0v) is 16.4. The van der Waals surface area contributed by atoms with E-state index in [4.69, 9.17) is 22.2 Å². The zero-order chi connectivity index (χ0) is 20.3. The summed E-state index contributed by atoms with van der Waals surface area (Å²) in [5, 5.41) is 1.51. The van der Waals surface area contributed by atoms with Crippen LogP contribution in [-0.2, 0) is 16.1 Å². The highest BCUT2D eigenvalue weighted by molar-refractivity contribution is 6.30. The van der Waals surface area contributed by atoms with Gasteiger partial charge in [-0.2, -0.15) is 0 Å². The van der Waals surface area contributed by atoms with Gasteiger partial charge in [-0.1, -0.05) is 23.7 Å². The first kappa shape index (κ1) is 19.9. The van der Waals surface area contributed by atoms with Crippen LogP contribution in [0, 0.1) is 0 Å². The molecule has 2 aromatic carbocycles. The number of hydrogen-bond donors (Lipinski definition) is 1. The summed E-state index contributed by atoms with van der Waals surface area (Å²) in [5.74, 6) is 5.83. The van der Waals surface area contributed by atoms with Gasteiger partial charge >= 0.3 is 0 Å². The minimum Gasteiger partial charge on any atom is -0.491 e. The molecule has 0 spiro atoms. The number of rotatable bonds is 5. The molecule has 1 heterocycles. The molecule has 146 valence electrons. The number of hydrogen-bond acceptors (Lipinski definition) is 5. The van der Waals surface area contributed by atoms with E-state index in [1.165, 1.54) is 4.90 Å². The summed E-state index contributed by atoms with van der Waals surface area (Å²) >= 11 is 5.92. The van der Waals surface area contributed by atoms with Crippen LogP contribution in [0.15, 0.2) is 53.5 Å². The molecular formula is C20H21ClN4O3. The van der Waals surface area contributed by atoms with Gasteiger partial charge in [-0.3, -0.25) is 14.5 Å². The minimum atomic E-state index is -0.504. The van der Waals surface area contributed by atoms with Crippen LogP contribution in [0.4, 0.5) is 5.69 Å². The van der Waals surface area contributed by atoms with Crippen molar-refractivity contribution in [2.75, 3.05) is 0 Å². The van der Waals surface area contributed by atoms with Crippen LogP contribution in [0.25, 0.3) is 0 Å². The number of carbonyl (C=O) groups is 2. The Kier molecular flexibility index (Phi) is 5.96. The van der Waals surface area contributed by atoms with Gasteiger partial charge in [-0.15, -0.1) is 0 Å². The second kappa shape index (κ2) is 8.41. The van der Waals surface area contributed by atoms with Gasteiger partial charge in [0.2, 0.25) is 11.9 Å². The Morgan fingerprint density at radius 1 is 1.07 bits per heavy atom. The van der Waals surface area contributed by atoms with E-state index in [2.05, 4.69) is 4.99 Å². The van der Waals surface area contributed by atoms with Crippen molar-refractivity contribution >= 4 is 35.1 Å². The number of nitrogens with zero attached hydrogens (tertiary/aromatic N) is 3. The minimum absolute atomic E-state index is 0.0557. The van der Waals surface area contributed by atoms with Crippen molar-refractivity contribution in [2.45, 2.75) is 32.9 Å². The summed E-state index contributed by atoms with van der Waals surface area (Å²) in [5.41, 5.74) is 1.39. The van der Waals surface area contributed by atoms with E-state index in [-0.39, 0.29) is 30.9 Å². The molecule has 3 rings (SSSR count). The average molecular weight is 401 g/mol. The highest BCUT2D eigenvalue weighted by atomic mass is 35.5. The number of nitrogens with two attached hydrogens (primary N) is 1. The molecule has 0 aliphatic carbocycles. The maximum absolute atomic E-state index is 12.5. The smallest absolute Gasteiger partial charge is 0.253 e. The van der Waals surface area contributed by atoms with Crippen LogP contribution in [0.2, 0.25) is 5.02 Å². The van der Waals surface area contributed by atoms with Gasteiger partial charge in [0.1, 0.15) is 12.2 Å². The molecule has 0 unspecified atom stereocenters. The lowest BCUT2D eigenvalue weighted by atomic mass is 10.2. The summed E-state index contributed by atoms with van der Waals surface area (Å²) < 4.78 is 5.61. The molecule has 0 radical (unpaired) electrons.